The summed E-state index contributed by atoms with van der Waals surface area (Å²) in [5.41, 5.74) is 0.537. The number of carbonyl (C=O) groups excluding carboxylic acids is 1. The average Bonchev–Trinajstić information content (AvgIpc) is 3.25. The zero-order valence-electron chi connectivity index (χ0n) is 13.4. The molecular formula is C15H20N4O3S2. The van der Waals surface area contributed by atoms with Crippen LogP contribution in [0.25, 0.3) is 0 Å². The molecule has 3 rings (SSSR count). The summed E-state index contributed by atoms with van der Waals surface area (Å²) < 4.78 is 28.5. The molecule has 0 saturated carbocycles. The van der Waals surface area contributed by atoms with E-state index in [1.54, 1.807) is 35.4 Å². The highest BCUT2D eigenvalue weighted by atomic mass is 32.2. The van der Waals surface area contributed by atoms with Crippen LogP contribution in [0.3, 0.4) is 0 Å². The van der Waals surface area contributed by atoms with E-state index in [4.69, 9.17) is 0 Å². The summed E-state index contributed by atoms with van der Waals surface area (Å²) >= 11 is 1.24. The predicted octanol–water partition coefficient (Wildman–Crippen LogP) is 1.31. The first kappa shape index (κ1) is 17.1. The zero-order chi connectivity index (χ0) is 17.2. The van der Waals surface area contributed by atoms with Crippen molar-refractivity contribution in [3.8, 4) is 0 Å². The maximum Gasteiger partial charge on any atom is 0.254 e. The van der Waals surface area contributed by atoms with Crippen LogP contribution >= 0.6 is 11.3 Å². The molecule has 3 heterocycles. The summed E-state index contributed by atoms with van der Waals surface area (Å²) in [6.45, 7) is 1.54. The Balaban J connectivity index is 1.50. The Kier molecular flexibility index (Phi) is 5.02. The van der Waals surface area contributed by atoms with Gasteiger partial charge in [-0.3, -0.25) is 9.48 Å². The average molecular weight is 368 g/mol. The number of rotatable bonds is 5. The van der Waals surface area contributed by atoms with Gasteiger partial charge in [0.2, 0.25) is 0 Å². The fraction of sp³-hybridized carbons (Fsp3) is 0.467. The molecule has 9 heteroatoms. The van der Waals surface area contributed by atoms with Crippen molar-refractivity contribution < 1.29 is 13.2 Å². The van der Waals surface area contributed by atoms with Crippen molar-refractivity contribution in [1.29, 1.82) is 0 Å². The molecule has 0 bridgehead atoms. The van der Waals surface area contributed by atoms with Gasteiger partial charge in [0.25, 0.3) is 15.9 Å². The number of hydrogen-bond donors (Lipinski definition) is 1. The van der Waals surface area contributed by atoms with Crippen LogP contribution in [-0.2, 0) is 17.1 Å². The maximum absolute atomic E-state index is 12.5. The van der Waals surface area contributed by atoms with Gasteiger partial charge in [-0.25, -0.2) is 8.42 Å². The molecule has 0 aromatic carbocycles. The van der Waals surface area contributed by atoms with Gasteiger partial charge in [-0.2, -0.15) is 9.40 Å². The lowest BCUT2D eigenvalue weighted by Gasteiger charge is -2.30. The van der Waals surface area contributed by atoms with Crippen LogP contribution < -0.4 is 5.32 Å². The van der Waals surface area contributed by atoms with Crippen LogP contribution in [0.2, 0.25) is 0 Å². The third-order valence-corrected chi connectivity index (χ3v) is 7.45. The van der Waals surface area contributed by atoms with Crippen LogP contribution in [-0.4, -0.2) is 48.0 Å². The monoisotopic (exact) mass is 368 g/mol. The van der Waals surface area contributed by atoms with Gasteiger partial charge >= 0.3 is 0 Å². The number of thiophene rings is 1. The Hall–Kier alpha value is -1.71. The van der Waals surface area contributed by atoms with Crippen LogP contribution in [0.1, 0.15) is 23.2 Å². The summed E-state index contributed by atoms with van der Waals surface area (Å²) in [4.78, 5) is 12.0. The molecule has 0 aliphatic carbocycles. The Morgan fingerprint density at radius 2 is 2.17 bits per heavy atom. The van der Waals surface area contributed by atoms with E-state index in [0.29, 0.717) is 35.3 Å². The van der Waals surface area contributed by atoms with E-state index >= 15 is 0 Å². The molecule has 2 aromatic heterocycles. The van der Waals surface area contributed by atoms with Crippen molar-refractivity contribution in [2.24, 2.45) is 13.0 Å². The Bertz CT molecular complexity index is 791. The molecule has 24 heavy (non-hydrogen) atoms. The largest absolute Gasteiger partial charge is 0.352 e. The van der Waals surface area contributed by atoms with Gasteiger partial charge in [-0.1, -0.05) is 6.07 Å². The quantitative estimate of drug-likeness (QED) is 0.862. The lowest BCUT2D eigenvalue weighted by Crippen LogP contribution is -2.41. The minimum absolute atomic E-state index is 0.142. The van der Waals surface area contributed by atoms with E-state index in [-0.39, 0.29) is 5.91 Å². The molecule has 1 N–H and O–H groups in total. The van der Waals surface area contributed by atoms with E-state index in [2.05, 4.69) is 10.4 Å². The van der Waals surface area contributed by atoms with Crippen LogP contribution in [0, 0.1) is 5.92 Å². The number of hydrogen-bond acceptors (Lipinski definition) is 5. The van der Waals surface area contributed by atoms with E-state index in [1.807, 2.05) is 0 Å². The van der Waals surface area contributed by atoms with Crippen molar-refractivity contribution in [2.75, 3.05) is 19.6 Å². The minimum atomic E-state index is -3.36. The number of aryl methyl sites for hydroxylation is 1. The summed E-state index contributed by atoms with van der Waals surface area (Å²) in [6, 6.07) is 3.39. The number of amides is 1. The number of aromatic nitrogens is 2. The predicted molar refractivity (Wildman–Crippen MR) is 91.3 cm³/mol. The second-order valence-corrected chi connectivity index (χ2v) is 9.00. The molecule has 0 unspecified atom stereocenters. The fourth-order valence-corrected chi connectivity index (χ4v) is 5.38. The summed E-state index contributed by atoms with van der Waals surface area (Å²) in [6.07, 6.45) is 4.70. The van der Waals surface area contributed by atoms with Gasteiger partial charge in [0, 0.05) is 32.9 Å². The number of nitrogens with one attached hydrogen (secondary N) is 1. The first-order valence-corrected chi connectivity index (χ1v) is 10.1. The highest BCUT2D eigenvalue weighted by Gasteiger charge is 2.30. The van der Waals surface area contributed by atoms with E-state index in [0.717, 1.165) is 12.8 Å². The van der Waals surface area contributed by atoms with Crippen LogP contribution in [0.15, 0.2) is 34.1 Å². The molecule has 1 aliphatic rings. The topological polar surface area (TPSA) is 84.3 Å². The summed E-state index contributed by atoms with van der Waals surface area (Å²) in [7, 11) is -1.60. The zero-order valence-corrected chi connectivity index (χ0v) is 15.0. The van der Waals surface area contributed by atoms with Gasteiger partial charge in [0.1, 0.15) is 4.21 Å². The Labute approximate surface area is 145 Å². The highest BCUT2D eigenvalue weighted by molar-refractivity contribution is 7.91. The number of nitrogens with zero attached hydrogens (tertiary/aromatic N) is 3. The first-order chi connectivity index (χ1) is 11.5. The lowest BCUT2D eigenvalue weighted by atomic mass is 9.98. The van der Waals surface area contributed by atoms with Gasteiger partial charge in [0.05, 0.1) is 11.8 Å². The molecule has 130 valence electrons. The molecule has 1 amide bonds. The molecule has 7 nitrogen and oxygen atoms in total. The van der Waals surface area contributed by atoms with Crippen LogP contribution in [0.5, 0.6) is 0 Å². The highest BCUT2D eigenvalue weighted by Crippen LogP contribution is 2.26. The normalized spacial score (nSPS) is 17.0. The van der Waals surface area contributed by atoms with E-state index < -0.39 is 10.0 Å². The number of sulfonamides is 1. The molecule has 0 atom stereocenters. The van der Waals surface area contributed by atoms with Gasteiger partial charge in [-0.15, -0.1) is 11.3 Å². The molecular weight excluding hydrogens is 348 g/mol. The lowest BCUT2D eigenvalue weighted by molar-refractivity contribution is 0.0941. The van der Waals surface area contributed by atoms with Crippen LogP contribution in [0.4, 0.5) is 0 Å². The number of carbonyl (C=O) groups is 1. The summed E-state index contributed by atoms with van der Waals surface area (Å²) in [5.74, 6) is 0.150. The standard InChI is InChI=1S/C15H20N4O3S2/c1-18-11-13(10-17-18)15(20)16-9-12-4-6-19(7-5-12)24(21,22)14-3-2-8-23-14/h2-3,8,10-12H,4-7,9H2,1H3,(H,16,20). The summed E-state index contributed by atoms with van der Waals surface area (Å²) in [5, 5.41) is 8.65. The third-order valence-electron chi connectivity index (χ3n) is 4.18. The van der Waals surface area contributed by atoms with Crippen molar-refractivity contribution in [2.45, 2.75) is 17.1 Å². The molecule has 0 spiro atoms. The number of piperidine rings is 1. The molecule has 1 saturated heterocycles. The second kappa shape index (κ2) is 7.04. The van der Waals surface area contributed by atoms with E-state index in [1.165, 1.54) is 21.8 Å². The molecule has 0 radical (unpaired) electrons. The molecule has 1 aliphatic heterocycles. The maximum atomic E-state index is 12.5. The second-order valence-electron chi connectivity index (χ2n) is 5.89. The SMILES string of the molecule is Cn1cc(C(=O)NCC2CCN(S(=O)(=O)c3cccs3)CC2)cn1. The van der Waals surface area contributed by atoms with Crippen molar-refractivity contribution in [3.05, 3.63) is 35.5 Å². The molecule has 1 fully saturated rings. The van der Waals surface area contributed by atoms with Gasteiger partial charge < -0.3 is 5.32 Å². The van der Waals surface area contributed by atoms with Gasteiger partial charge in [0.15, 0.2) is 0 Å². The molecule has 2 aromatic rings. The smallest absolute Gasteiger partial charge is 0.254 e. The Morgan fingerprint density at radius 1 is 1.42 bits per heavy atom. The minimum Gasteiger partial charge on any atom is -0.352 e. The fourth-order valence-electron chi connectivity index (χ4n) is 2.77. The van der Waals surface area contributed by atoms with Crippen molar-refractivity contribution >= 4 is 27.3 Å². The van der Waals surface area contributed by atoms with E-state index in [9.17, 15) is 13.2 Å². The van der Waals surface area contributed by atoms with Crippen molar-refractivity contribution in [1.82, 2.24) is 19.4 Å². The first-order valence-electron chi connectivity index (χ1n) is 7.77. The Morgan fingerprint density at radius 3 is 2.75 bits per heavy atom. The third kappa shape index (κ3) is 3.68. The van der Waals surface area contributed by atoms with Crippen molar-refractivity contribution in [3.63, 3.8) is 0 Å². The van der Waals surface area contributed by atoms with Gasteiger partial charge in [-0.05, 0) is 30.2 Å².